The van der Waals surface area contributed by atoms with Gasteiger partial charge in [0.2, 0.25) is 0 Å². The molecule has 0 saturated carbocycles. The molecule has 1 aromatic heterocycles. The molecule has 0 aliphatic rings. The standard InChI is InChI=1S/C8H4ClF6N/c9-2-3-1-4(7(11)12)16-6(5(3)10)8(13,14)15/h1,7H,2H2. The van der Waals surface area contributed by atoms with Gasteiger partial charge in [-0.1, -0.05) is 0 Å². The minimum Gasteiger partial charge on any atom is -0.239 e. The van der Waals surface area contributed by atoms with E-state index < -0.39 is 41.3 Å². The molecule has 1 heterocycles. The Bertz CT molecular complexity index is 389. The fourth-order valence-electron chi connectivity index (χ4n) is 1.00. The summed E-state index contributed by atoms with van der Waals surface area (Å²) in [6.07, 6.45) is -8.35. The van der Waals surface area contributed by atoms with Crippen molar-refractivity contribution in [3.63, 3.8) is 0 Å². The van der Waals surface area contributed by atoms with Gasteiger partial charge in [0.1, 0.15) is 5.69 Å². The van der Waals surface area contributed by atoms with Crippen LogP contribution in [0.5, 0.6) is 0 Å². The van der Waals surface area contributed by atoms with Crippen LogP contribution in [0.25, 0.3) is 0 Å². The monoisotopic (exact) mass is 263 g/mol. The van der Waals surface area contributed by atoms with E-state index in [0.717, 1.165) is 0 Å². The molecule has 0 spiro atoms. The van der Waals surface area contributed by atoms with Gasteiger partial charge in [0.25, 0.3) is 6.43 Å². The number of aromatic nitrogens is 1. The van der Waals surface area contributed by atoms with E-state index in [2.05, 4.69) is 4.98 Å². The minimum absolute atomic E-state index is 0.516. The number of hydrogen-bond acceptors (Lipinski definition) is 1. The van der Waals surface area contributed by atoms with Crippen molar-refractivity contribution in [1.82, 2.24) is 4.98 Å². The lowest BCUT2D eigenvalue weighted by molar-refractivity contribution is -0.144. The lowest BCUT2D eigenvalue weighted by Gasteiger charge is -2.11. The largest absolute Gasteiger partial charge is 0.436 e. The van der Waals surface area contributed by atoms with Crippen LogP contribution in [-0.2, 0) is 12.1 Å². The van der Waals surface area contributed by atoms with Crippen LogP contribution in [0.1, 0.15) is 23.4 Å². The van der Waals surface area contributed by atoms with Crippen LogP contribution in [-0.4, -0.2) is 4.98 Å². The van der Waals surface area contributed by atoms with E-state index in [1.807, 2.05) is 0 Å². The number of halogens is 7. The normalized spacial score (nSPS) is 12.2. The Morgan fingerprint density at radius 1 is 1.31 bits per heavy atom. The number of alkyl halides is 6. The molecule has 0 atom stereocenters. The van der Waals surface area contributed by atoms with Crippen molar-refractivity contribution < 1.29 is 26.3 Å². The van der Waals surface area contributed by atoms with Gasteiger partial charge in [-0.2, -0.15) is 13.2 Å². The molecule has 16 heavy (non-hydrogen) atoms. The van der Waals surface area contributed by atoms with Gasteiger partial charge < -0.3 is 0 Å². The molecule has 0 radical (unpaired) electrons. The summed E-state index contributed by atoms with van der Waals surface area (Å²) in [6, 6.07) is 0.516. The van der Waals surface area contributed by atoms with Gasteiger partial charge in [0.05, 0.1) is 5.88 Å². The predicted octanol–water partition coefficient (Wildman–Crippen LogP) is 3.92. The van der Waals surface area contributed by atoms with Gasteiger partial charge in [-0.05, 0) is 6.07 Å². The van der Waals surface area contributed by atoms with Crippen molar-refractivity contribution in [2.75, 3.05) is 0 Å². The highest BCUT2D eigenvalue weighted by Gasteiger charge is 2.38. The molecule has 8 heteroatoms. The molecule has 0 bridgehead atoms. The Balaban J connectivity index is 3.42. The molecule has 0 aliphatic heterocycles. The number of rotatable bonds is 2. The Labute approximate surface area is 91.0 Å². The quantitative estimate of drug-likeness (QED) is 0.582. The van der Waals surface area contributed by atoms with Crippen LogP contribution in [0.4, 0.5) is 26.3 Å². The van der Waals surface area contributed by atoms with Gasteiger partial charge >= 0.3 is 6.18 Å². The second-order valence-corrected chi connectivity index (χ2v) is 3.07. The first-order chi connectivity index (χ1) is 7.27. The molecule has 1 rings (SSSR count). The van der Waals surface area contributed by atoms with E-state index in [1.165, 1.54) is 0 Å². The van der Waals surface area contributed by atoms with E-state index in [-0.39, 0.29) is 0 Å². The maximum Gasteiger partial charge on any atom is 0.436 e. The number of nitrogens with zero attached hydrogens (tertiary/aromatic N) is 1. The van der Waals surface area contributed by atoms with Crippen LogP contribution >= 0.6 is 11.6 Å². The summed E-state index contributed by atoms with van der Waals surface area (Å²) in [5.74, 6) is -2.36. The van der Waals surface area contributed by atoms with Crippen LogP contribution in [0.2, 0.25) is 0 Å². The summed E-state index contributed by atoms with van der Waals surface area (Å²) in [7, 11) is 0. The lowest BCUT2D eigenvalue weighted by atomic mass is 10.2. The van der Waals surface area contributed by atoms with Crippen LogP contribution in [0, 0.1) is 5.82 Å². The van der Waals surface area contributed by atoms with Crippen LogP contribution in [0.3, 0.4) is 0 Å². The van der Waals surface area contributed by atoms with Crippen molar-refractivity contribution in [1.29, 1.82) is 0 Å². The Kier molecular flexibility index (Phi) is 3.67. The zero-order valence-corrected chi connectivity index (χ0v) is 8.21. The average molecular weight is 264 g/mol. The van der Waals surface area contributed by atoms with Crippen molar-refractivity contribution in [2.45, 2.75) is 18.5 Å². The van der Waals surface area contributed by atoms with Crippen molar-refractivity contribution in [3.8, 4) is 0 Å². The summed E-state index contributed by atoms with van der Waals surface area (Å²) in [5.41, 5.74) is -3.77. The number of hydrogen-bond donors (Lipinski definition) is 0. The fourth-order valence-corrected chi connectivity index (χ4v) is 1.20. The third kappa shape index (κ3) is 2.58. The van der Waals surface area contributed by atoms with E-state index >= 15 is 0 Å². The van der Waals surface area contributed by atoms with Gasteiger partial charge in [-0.3, -0.25) is 0 Å². The zero-order valence-electron chi connectivity index (χ0n) is 7.45. The minimum atomic E-state index is -5.13. The molecular weight excluding hydrogens is 260 g/mol. The van der Waals surface area contributed by atoms with Gasteiger partial charge in [-0.25, -0.2) is 18.2 Å². The van der Waals surface area contributed by atoms with Crippen molar-refractivity contribution >= 4 is 11.6 Å². The molecule has 0 amide bonds. The third-order valence-corrected chi connectivity index (χ3v) is 1.98. The van der Waals surface area contributed by atoms with E-state index in [9.17, 15) is 26.3 Å². The highest BCUT2D eigenvalue weighted by Crippen LogP contribution is 2.33. The summed E-state index contributed by atoms with van der Waals surface area (Å²) >= 11 is 5.15. The fraction of sp³-hybridized carbons (Fsp3) is 0.375. The molecule has 0 unspecified atom stereocenters. The molecule has 0 N–H and O–H groups in total. The van der Waals surface area contributed by atoms with E-state index in [1.54, 1.807) is 0 Å². The molecular formula is C8H4ClF6N. The molecule has 0 saturated heterocycles. The Morgan fingerprint density at radius 3 is 2.25 bits per heavy atom. The Hall–Kier alpha value is -0.980. The van der Waals surface area contributed by atoms with Gasteiger partial charge in [0, 0.05) is 5.56 Å². The first-order valence-electron chi connectivity index (χ1n) is 3.88. The smallest absolute Gasteiger partial charge is 0.239 e. The molecule has 0 aromatic carbocycles. The second kappa shape index (κ2) is 4.48. The first-order valence-corrected chi connectivity index (χ1v) is 4.41. The van der Waals surface area contributed by atoms with Crippen LogP contribution in [0.15, 0.2) is 6.07 Å². The maximum absolute atomic E-state index is 13.1. The molecule has 1 aromatic rings. The Morgan fingerprint density at radius 2 is 1.88 bits per heavy atom. The maximum atomic E-state index is 13.1. The second-order valence-electron chi connectivity index (χ2n) is 2.80. The van der Waals surface area contributed by atoms with E-state index in [4.69, 9.17) is 11.6 Å². The highest BCUT2D eigenvalue weighted by molar-refractivity contribution is 6.17. The highest BCUT2D eigenvalue weighted by atomic mass is 35.5. The average Bonchev–Trinajstić information content (AvgIpc) is 2.15. The SMILES string of the molecule is Fc1c(CCl)cc(C(F)F)nc1C(F)(F)F. The van der Waals surface area contributed by atoms with Gasteiger partial charge in [-0.15, -0.1) is 11.6 Å². The zero-order chi connectivity index (χ0) is 12.5. The van der Waals surface area contributed by atoms with Crippen molar-refractivity contribution in [3.05, 3.63) is 28.8 Å². The predicted molar refractivity (Wildman–Crippen MR) is 43.7 cm³/mol. The van der Waals surface area contributed by atoms with E-state index in [0.29, 0.717) is 6.07 Å². The molecule has 90 valence electrons. The summed E-state index contributed by atoms with van der Waals surface area (Å²) < 4.78 is 74.1. The van der Waals surface area contributed by atoms with Crippen molar-refractivity contribution in [2.24, 2.45) is 0 Å². The van der Waals surface area contributed by atoms with Gasteiger partial charge in [0.15, 0.2) is 11.5 Å². The summed E-state index contributed by atoms with van der Waals surface area (Å²) in [5, 5.41) is 0. The third-order valence-electron chi connectivity index (χ3n) is 1.69. The molecule has 0 fully saturated rings. The first kappa shape index (κ1) is 13.1. The number of pyridine rings is 1. The summed E-state index contributed by atoms with van der Waals surface area (Å²) in [6.45, 7) is 0. The molecule has 1 nitrogen and oxygen atoms in total. The van der Waals surface area contributed by atoms with Crippen LogP contribution < -0.4 is 0 Å². The molecule has 0 aliphatic carbocycles. The topological polar surface area (TPSA) is 12.9 Å². The lowest BCUT2D eigenvalue weighted by Crippen LogP contribution is -2.14. The summed E-state index contributed by atoms with van der Waals surface area (Å²) in [4.78, 5) is 2.54.